The lowest BCUT2D eigenvalue weighted by molar-refractivity contribution is 0.481. The molecule has 1 aromatic heterocycles. The van der Waals surface area contributed by atoms with E-state index in [1.54, 1.807) is 0 Å². The Labute approximate surface area is 169 Å². The molecule has 1 heterocycles. The van der Waals surface area contributed by atoms with Gasteiger partial charge >= 0.3 is 0 Å². The van der Waals surface area contributed by atoms with Gasteiger partial charge in [0.1, 0.15) is 0 Å². The largest absolute Gasteiger partial charge is 0.499 e. The van der Waals surface area contributed by atoms with E-state index >= 15 is 0 Å². The standard InChI is InChI=1S/C23H17BrO2S/c1-14(21-22(25)19-4-2-3-5-20(19)27-23(21)26)15-6-8-16(9-7-15)17-10-12-18(24)13-11-17/h2-14,26H,1H3. The van der Waals surface area contributed by atoms with Crippen LogP contribution in [0.2, 0.25) is 0 Å². The minimum atomic E-state index is -0.183. The van der Waals surface area contributed by atoms with Crippen LogP contribution >= 0.6 is 27.3 Å². The zero-order valence-corrected chi connectivity index (χ0v) is 17.0. The van der Waals surface area contributed by atoms with Crippen molar-refractivity contribution < 1.29 is 5.11 Å². The molecule has 2 nitrogen and oxygen atoms in total. The summed E-state index contributed by atoms with van der Waals surface area (Å²) >= 11 is 4.71. The molecule has 27 heavy (non-hydrogen) atoms. The van der Waals surface area contributed by atoms with E-state index in [9.17, 15) is 9.90 Å². The van der Waals surface area contributed by atoms with E-state index in [1.807, 2.05) is 55.5 Å². The fraction of sp³-hybridized carbons (Fsp3) is 0.0870. The van der Waals surface area contributed by atoms with Crippen molar-refractivity contribution in [1.82, 2.24) is 0 Å². The second-order valence-electron chi connectivity index (χ2n) is 6.50. The summed E-state index contributed by atoms with van der Waals surface area (Å²) in [5, 5.41) is 11.3. The Morgan fingerprint density at radius 1 is 0.889 bits per heavy atom. The third kappa shape index (κ3) is 3.43. The zero-order valence-electron chi connectivity index (χ0n) is 14.6. The van der Waals surface area contributed by atoms with Crippen molar-refractivity contribution >= 4 is 37.4 Å². The van der Waals surface area contributed by atoms with Crippen LogP contribution in [0.5, 0.6) is 5.06 Å². The smallest absolute Gasteiger partial charge is 0.195 e. The Hall–Kier alpha value is -2.43. The van der Waals surface area contributed by atoms with Crippen molar-refractivity contribution in [3.8, 4) is 16.2 Å². The van der Waals surface area contributed by atoms with Crippen molar-refractivity contribution in [2.45, 2.75) is 12.8 Å². The fourth-order valence-electron chi connectivity index (χ4n) is 3.30. The van der Waals surface area contributed by atoms with E-state index in [0.29, 0.717) is 10.9 Å². The molecule has 1 unspecified atom stereocenters. The van der Waals surface area contributed by atoms with Gasteiger partial charge in [0.05, 0.1) is 5.56 Å². The Bertz CT molecular complexity index is 1160. The van der Waals surface area contributed by atoms with Crippen LogP contribution in [0.1, 0.15) is 24.0 Å². The summed E-state index contributed by atoms with van der Waals surface area (Å²) in [4.78, 5) is 12.9. The average Bonchev–Trinajstić information content (AvgIpc) is 2.68. The molecule has 0 saturated heterocycles. The molecule has 0 spiro atoms. The molecular formula is C23H17BrO2S. The zero-order chi connectivity index (χ0) is 19.0. The van der Waals surface area contributed by atoms with Gasteiger partial charge in [0.2, 0.25) is 0 Å². The monoisotopic (exact) mass is 436 g/mol. The Morgan fingerprint density at radius 3 is 2.15 bits per heavy atom. The van der Waals surface area contributed by atoms with Crippen molar-refractivity contribution in [2.24, 2.45) is 0 Å². The van der Waals surface area contributed by atoms with E-state index in [0.717, 1.165) is 25.9 Å². The molecule has 0 amide bonds. The van der Waals surface area contributed by atoms with Crippen LogP contribution in [0.25, 0.3) is 21.2 Å². The van der Waals surface area contributed by atoms with Gasteiger partial charge in [-0.25, -0.2) is 0 Å². The summed E-state index contributed by atoms with van der Waals surface area (Å²) in [7, 11) is 0. The highest BCUT2D eigenvalue weighted by molar-refractivity contribution is 9.10. The molecule has 4 aromatic rings. The first kappa shape index (κ1) is 18.0. The molecular weight excluding hydrogens is 420 g/mol. The molecule has 1 N–H and O–H groups in total. The number of rotatable bonds is 3. The third-order valence-corrected chi connectivity index (χ3v) is 6.35. The van der Waals surface area contributed by atoms with Gasteiger partial charge in [-0.05, 0) is 41.0 Å². The van der Waals surface area contributed by atoms with Crippen LogP contribution < -0.4 is 5.43 Å². The molecule has 0 aliphatic rings. The lowest BCUT2D eigenvalue weighted by Gasteiger charge is -2.14. The first-order valence-corrected chi connectivity index (χ1v) is 10.3. The molecule has 134 valence electrons. The summed E-state index contributed by atoms with van der Waals surface area (Å²) in [5.74, 6) is -0.183. The second-order valence-corrected chi connectivity index (χ2v) is 8.44. The fourth-order valence-corrected chi connectivity index (χ4v) is 4.57. The van der Waals surface area contributed by atoms with Gasteiger partial charge in [-0.3, -0.25) is 4.79 Å². The molecule has 1 atom stereocenters. The van der Waals surface area contributed by atoms with Crippen molar-refractivity contribution in [3.63, 3.8) is 0 Å². The van der Waals surface area contributed by atoms with Crippen molar-refractivity contribution in [1.29, 1.82) is 0 Å². The number of benzene rings is 3. The lowest BCUT2D eigenvalue weighted by Crippen LogP contribution is -2.12. The maximum Gasteiger partial charge on any atom is 0.195 e. The third-order valence-electron chi connectivity index (χ3n) is 4.83. The molecule has 0 saturated carbocycles. The minimum Gasteiger partial charge on any atom is -0.499 e. The predicted molar refractivity (Wildman–Crippen MR) is 117 cm³/mol. The summed E-state index contributed by atoms with van der Waals surface area (Å²) in [5.41, 5.74) is 3.64. The molecule has 0 aliphatic heterocycles. The van der Waals surface area contributed by atoms with Gasteiger partial charge in [0.15, 0.2) is 10.5 Å². The summed E-state index contributed by atoms with van der Waals surface area (Å²) in [6, 6.07) is 23.8. The highest BCUT2D eigenvalue weighted by Crippen LogP contribution is 2.35. The van der Waals surface area contributed by atoms with Gasteiger partial charge in [-0.2, -0.15) is 0 Å². The number of hydrogen-bond acceptors (Lipinski definition) is 3. The summed E-state index contributed by atoms with van der Waals surface area (Å²) in [6.07, 6.45) is 0. The molecule has 3 aromatic carbocycles. The van der Waals surface area contributed by atoms with E-state index in [1.165, 1.54) is 11.3 Å². The molecule has 4 rings (SSSR count). The van der Waals surface area contributed by atoms with Gasteiger partial charge in [-0.15, -0.1) is 0 Å². The van der Waals surface area contributed by atoms with Crippen LogP contribution in [-0.4, -0.2) is 5.11 Å². The predicted octanol–water partition coefficient (Wildman–Crippen LogP) is 6.55. The number of hydrogen-bond donors (Lipinski definition) is 1. The van der Waals surface area contributed by atoms with E-state index in [-0.39, 0.29) is 16.4 Å². The lowest BCUT2D eigenvalue weighted by atomic mass is 9.92. The van der Waals surface area contributed by atoms with E-state index < -0.39 is 0 Å². The summed E-state index contributed by atoms with van der Waals surface area (Å²) < 4.78 is 1.86. The number of fused-ring (bicyclic) bond motifs is 1. The molecule has 0 radical (unpaired) electrons. The number of aromatic hydroxyl groups is 1. The highest BCUT2D eigenvalue weighted by atomic mass is 79.9. The average molecular weight is 437 g/mol. The quantitative estimate of drug-likeness (QED) is 0.395. The molecule has 0 fully saturated rings. The first-order chi connectivity index (χ1) is 13.0. The van der Waals surface area contributed by atoms with Crippen LogP contribution in [0.3, 0.4) is 0 Å². The van der Waals surface area contributed by atoms with Crippen LogP contribution in [0.4, 0.5) is 0 Å². The van der Waals surface area contributed by atoms with Crippen molar-refractivity contribution in [3.05, 3.63) is 98.6 Å². The van der Waals surface area contributed by atoms with Gasteiger partial charge in [0.25, 0.3) is 0 Å². The first-order valence-electron chi connectivity index (χ1n) is 8.65. The normalized spacial score (nSPS) is 12.2. The Morgan fingerprint density at radius 2 is 1.48 bits per heavy atom. The van der Waals surface area contributed by atoms with Crippen LogP contribution in [0, 0.1) is 0 Å². The minimum absolute atomic E-state index is 0.0914. The van der Waals surface area contributed by atoms with Gasteiger partial charge in [0, 0.05) is 20.5 Å². The Balaban J connectivity index is 1.73. The van der Waals surface area contributed by atoms with E-state index in [2.05, 4.69) is 40.2 Å². The Kier molecular flexibility index (Phi) is 4.85. The SMILES string of the molecule is CC(c1ccc(-c2ccc(Br)cc2)cc1)c1c(O)sc2ccccc2c1=O. The maximum atomic E-state index is 12.9. The highest BCUT2D eigenvalue weighted by Gasteiger charge is 2.19. The van der Waals surface area contributed by atoms with E-state index in [4.69, 9.17) is 0 Å². The topological polar surface area (TPSA) is 37.3 Å². The van der Waals surface area contributed by atoms with Gasteiger partial charge < -0.3 is 5.11 Å². The van der Waals surface area contributed by atoms with Crippen LogP contribution in [-0.2, 0) is 0 Å². The van der Waals surface area contributed by atoms with Gasteiger partial charge in [-0.1, -0.05) is 82.7 Å². The number of halogens is 1. The summed E-state index contributed by atoms with van der Waals surface area (Å²) in [6.45, 7) is 1.96. The maximum absolute atomic E-state index is 12.9. The van der Waals surface area contributed by atoms with Crippen LogP contribution in [0.15, 0.2) is 82.1 Å². The molecule has 4 heteroatoms. The molecule has 0 bridgehead atoms. The second kappa shape index (κ2) is 7.29. The molecule has 0 aliphatic carbocycles. The van der Waals surface area contributed by atoms with Crippen molar-refractivity contribution in [2.75, 3.05) is 0 Å².